The smallest absolute Gasteiger partial charge is 0.344 e. The second-order valence-electron chi connectivity index (χ2n) is 5.96. The van der Waals surface area contributed by atoms with Crippen LogP contribution < -0.4 is 14.2 Å². The molecule has 2 aromatic carbocycles. The van der Waals surface area contributed by atoms with Crippen molar-refractivity contribution in [2.45, 2.75) is 11.8 Å². The highest BCUT2D eigenvalue weighted by Gasteiger charge is 2.20. The van der Waals surface area contributed by atoms with Gasteiger partial charge in [-0.25, -0.2) is 4.79 Å². The monoisotopic (exact) mass is 446 g/mol. The van der Waals surface area contributed by atoms with Gasteiger partial charge in [-0.1, -0.05) is 47.1 Å². The van der Waals surface area contributed by atoms with E-state index in [1.54, 1.807) is 18.2 Å². The summed E-state index contributed by atoms with van der Waals surface area (Å²) in [6, 6.07) is 14.1. The van der Waals surface area contributed by atoms with Crippen LogP contribution in [0.4, 0.5) is 0 Å². The van der Waals surface area contributed by atoms with E-state index in [0.717, 1.165) is 10.5 Å². The number of methoxy groups -OCH3 is 2. The number of carbonyl (C=O) groups is 1. The molecule has 7 nitrogen and oxygen atoms in total. The molecule has 0 spiro atoms. The van der Waals surface area contributed by atoms with Gasteiger partial charge in [0.15, 0.2) is 0 Å². The average molecular weight is 447 g/mol. The summed E-state index contributed by atoms with van der Waals surface area (Å²) in [4.78, 5) is 21.9. The molecule has 1 heterocycles. The van der Waals surface area contributed by atoms with Crippen molar-refractivity contribution in [3.05, 3.63) is 64.7 Å². The van der Waals surface area contributed by atoms with Gasteiger partial charge in [-0.2, -0.15) is 9.97 Å². The molecule has 0 saturated heterocycles. The first-order valence-electron chi connectivity index (χ1n) is 8.80. The Kier molecular flexibility index (Phi) is 7.37. The number of nitrogens with zero attached hydrogens (tertiary/aromatic N) is 2. The maximum absolute atomic E-state index is 12.7. The van der Waals surface area contributed by atoms with Crippen LogP contribution in [0.2, 0.25) is 5.02 Å². The Labute approximate surface area is 183 Å². The van der Waals surface area contributed by atoms with E-state index in [1.165, 1.54) is 32.0 Å². The number of hydrogen-bond acceptors (Lipinski definition) is 8. The van der Waals surface area contributed by atoms with E-state index in [-0.39, 0.29) is 40.0 Å². The van der Waals surface area contributed by atoms with Gasteiger partial charge in [-0.05, 0) is 31.2 Å². The van der Waals surface area contributed by atoms with Gasteiger partial charge in [0.25, 0.3) is 0 Å². The molecule has 0 radical (unpaired) electrons. The van der Waals surface area contributed by atoms with Crippen molar-refractivity contribution >= 4 is 29.3 Å². The van der Waals surface area contributed by atoms with Gasteiger partial charge in [-0.15, -0.1) is 0 Å². The molecule has 156 valence electrons. The lowest BCUT2D eigenvalue weighted by atomic mass is 10.2. The molecule has 30 heavy (non-hydrogen) atoms. The first kappa shape index (κ1) is 21.7. The number of halogens is 1. The molecule has 1 aromatic heterocycles. The summed E-state index contributed by atoms with van der Waals surface area (Å²) < 4.78 is 21.3. The summed E-state index contributed by atoms with van der Waals surface area (Å²) in [7, 11) is 2.92. The van der Waals surface area contributed by atoms with E-state index in [0.29, 0.717) is 0 Å². The van der Waals surface area contributed by atoms with E-state index >= 15 is 0 Å². The molecule has 0 fully saturated rings. The molecule has 0 unspecified atom stereocenters. The second kappa shape index (κ2) is 10.2. The van der Waals surface area contributed by atoms with Gasteiger partial charge in [0.1, 0.15) is 17.3 Å². The largest absolute Gasteiger partial charge is 0.481 e. The molecular weight excluding hydrogens is 428 g/mol. The fourth-order valence-corrected chi connectivity index (χ4v) is 3.44. The number of ether oxygens (including phenoxy) is 4. The minimum Gasteiger partial charge on any atom is -0.481 e. The van der Waals surface area contributed by atoms with Crippen LogP contribution in [0.3, 0.4) is 0 Å². The molecular formula is C21H19ClN2O5S. The molecule has 0 N–H and O–H groups in total. The molecule has 0 aliphatic rings. The van der Waals surface area contributed by atoms with Crippen LogP contribution in [-0.4, -0.2) is 36.1 Å². The number of aromatic nitrogens is 2. The molecule has 0 amide bonds. The lowest BCUT2D eigenvalue weighted by Crippen LogP contribution is -2.08. The van der Waals surface area contributed by atoms with Crippen molar-refractivity contribution in [2.24, 2.45) is 0 Å². The Morgan fingerprint density at radius 2 is 1.73 bits per heavy atom. The topological polar surface area (TPSA) is 79.8 Å². The summed E-state index contributed by atoms with van der Waals surface area (Å²) in [6.07, 6.45) is 0. The first-order chi connectivity index (χ1) is 14.5. The lowest BCUT2D eigenvalue weighted by Gasteiger charge is -2.12. The van der Waals surface area contributed by atoms with Crippen LogP contribution >= 0.6 is 23.4 Å². The van der Waals surface area contributed by atoms with Crippen molar-refractivity contribution in [2.75, 3.05) is 20.2 Å². The third-order valence-electron chi connectivity index (χ3n) is 3.86. The quantitative estimate of drug-likeness (QED) is 0.267. The maximum atomic E-state index is 12.7. The number of aryl methyl sites for hydroxylation is 1. The van der Waals surface area contributed by atoms with Gasteiger partial charge in [0, 0.05) is 4.90 Å². The fourth-order valence-electron chi connectivity index (χ4n) is 2.45. The van der Waals surface area contributed by atoms with Crippen molar-refractivity contribution in [3.8, 4) is 23.5 Å². The SMILES string of the molecule is COc1cc(OC)nc(Oc2cccc(Cl)c2C(=O)OCSc2cccc(C)c2)n1. The Morgan fingerprint density at radius 1 is 1.03 bits per heavy atom. The number of hydrogen-bond donors (Lipinski definition) is 0. The number of carbonyl (C=O) groups excluding carboxylic acids is 1. The van der Waals surface area contributed by atoms with Crippen LogP contribution in [0.15, 0.2) is 53.4 Å². The number of thioether (sulfide) groups is 1. The first-order valence-corrected chi connectivity index (χ1v) is 10.2. The number of rotatable bonds is 8. The molecule has 0 aliphatic heterocycles. The fraction of sp³-hybridized carbons (Fsp3) is 0.190. The predicted molar refractivity (Wildman–Crippen MR) is 114 cm³/mol. The van der Waals surface area contributed by atoms with E-state index in [2.05, 4.69) is 9.97 Å². The molecule has 3 rings (SSSR count). The highest BCUT2D eigenvalue weighted by Crippen LogP contribution is 2.32. The standard InChI is InChI=1S/C21H19ClN2O5S/c1-13-6-4-7-14(10-13)30-12-28-20(25)19-15(22)8-5-9-16(19)29-21-23-17(26-2)11-18(24-21)27-3/h4-11H,12H2,1-3H3. The third kappa shape index (κ3) is 5.55. The minimum absolute atomic E-state index is 0.0587. The van der Waals surface area contributed by atoms with Crippen molar-refractivity contribution < 1.29 is 23.7 Å². The van der Waals surface area contributed by atoms with Crippen molar-refractivity contribution in [1.82, 2.24) is 9.97 Å². The van der Waals surface area contributed by atoms with Crippen LogP contribution in [-0.2, 0) is 4.74 Å². The third-order valence-corrected chi connectivity index (χ3v) is 5.00. The Balaban J connectivity index is 1.76. The molecule has 0 aliphatic carbocycles. The van der Waals surface area contributed by atoms with Crippen molar-refractivity contribution in [3.63, 3.8) is 0 Å². The normalized spacial score (nSPS) is 10.4. The van der Waals surface area contributed by atoms with Crippen LogP contribution in [0.25, 0.3) is 0 Å². The Hall–Kier alpha value is -2.97. The predicted octanol–water partition coefficient (Wildman–Crippen LogP) is 5.15. The van der Waals surface area contributed by atoms with Gasteiger partial charge >= 0.3 is 12.0 Å². The van der Waals surface area contributed by atoms with Gasteiger partial charge < -0.3 is 18.9 Å². The Bertz CT molecular complexity index is 1030. The molecule has 0 bridgehead atoms. The van der Waals surface area contributed by atoms with Crippen LogP contribution in [0, 0.1) is 6.92 Å². The Morgan fingerprint density at radius 3 is 2.40 bits per heavy atom. The summed E-state index contributed by atoms with van der Waals surface area (Å²) in [6.45, 7) is 2.00. The molecule has 0 atom stereocenters. The van der Waals surface area contributed by atoms with E-state index < -0.39 is 5.97 Å². The highest BCUT2D eigenvalue weighted by atomic mass is 35.5. The summed E-state index contributed by atoms with van der Waals surface area (Å²) >= 11 is 7.64. The summed E-state index contributed by atoms with van der Waals surface area (Å²) in [5.41, 5.74) is 1.20. The lowest BCUT2D eigenvalue weighted by molar-refractivity contribution is 0.0576. The number of esters is 1. The summed E-state index contributed by atoms with van der Waals surface area (Å²) in [5, 5.41) is 0.188. The van der Waals surface area contributed by atoms with Gasteiger partial charge in [0.2, 0.25) is 11.8 Å². The number of benzene rings is 2. The molecule has 9 heteroatoms. The van der Waals surface area contributed by atoms with Crippen molar-refractivity contribution in [1.29, 1.82) is 0 Å². The van der Waals surface area contributed by atoms with Gasteiger partial charge in [-0.3, -0.25) is 0 Å². The zero-order chi connectivity index (χ0) is 21.5. The zero-order valence-electron chi connectivity index (χ0n) is 16.5. The molecule has 0 saturated carbocycles. The highest BCUT2D eigenvalue weighted by molar-refractivity contribution is 7.99. The average Bonchev–Trinajstić information content (AvgIpc) is 2.73. The minimum atomic E-state index is -0.620. The van der Waals surface area contributed by atoms with E-state index in [1.807, 2.05) is 31.2 Å². The van der Waals surface area contributed by atoms with E-state index in [4.69, 9.17) is 30.5 Å². The van der Waals surface area contributed by atoms with Crippen LogP contribution in [0.5, 0.6) is 23.5 Å². The van der Waals surface area contributed by atoms with E-state index in [9.17, 15) is 4.79 Å². The molecule has 3 aromatic rings. The summed E-state index contributed by atoms with van der Waals surface area (Å²) in [5.74, 6) is 0.153. The maximum Gasteiger partial charge on any atom is 0.344 e. The van der Waals surface area contributed by atoms with Gasteiger partial charge in [0.05, 0.1) is 25.3 Å². The van der Waals surface area contributed by atoms with Crippen LogP contribution in [0.1, 0.15) is 15.9 Å². The second-order valence-corrected chi connectivity index (χ2v) is 7.36. The zero-order valence-corrected chi connectivity index (χ0v) is 18.1.